The van der Waals surface area contributed by atoms with Crippen LogP contribution in [0.2, 0.25) is 10.4 Å². The van der Waals surface area contributed by atoms with Crippen molar-refractivity contribution in [2.24, 2.45) is 0 Å². The lowest BCUT2D eigenvalue weighted by atomic mass is 10.3. The quantitative estimate of drug-likeness (QED) is 0.510. The number of rotatable bonds is 5. The van der Waals surface area contributed by atoms with Crippen LogP contribution in [0.15, 0.2) is 6.07 Å². The van der Waals surface area contributed by atoms with Crippen LogP contribution in [0, 0.1) is 0 Å². The first-order valence-electron chi connectivity index (χ1n) is 5.98. The van der Waals surface area contributed by atoms with Gasteiger partial charge in [0.05, 0.1) is 13.2 Å². The van der Waals surface area contributed by atoms with Crippen LogP contribution in [0.25, 0.3) is 0 Å². The van der Waals surface area contributed by atoms with E-state index >= 15 is 0 Å². The van der Waals surface area contributed by atoms with E-state index in [1.807, 2.05) is 0 Å². The van der Waals surface area contributed by atoms with Crippen LogP contribution in [0.3, 0.4) is 0 Å². The summed E-state index contributed by atoms with van der Waals surface area (Å²) in [7, 11) is 0. The summed E-state index contributed by atoms with van der Waals surface area (Å²) in [6, 6.07) is 1.67. The van der Waals surface area contributed by atoms with Crippen LogP contribution in [-0.2, 0) is 4.74 Å². The number of ether oxygens (including phenoxy) is 1. The smallest absolute Gasteiger partial charge is 0.225 e. The molecule has 1 aliphatic heterocycles. The molecule has 0 spiro atoms. The summed E-state index contributed by atoms with van der Waals surface area (Å²) in [5.74, 6) is 0.668. The molecule has 0 aromatic carbocycles. The highest BCUT2D eigenvalue weighted by Gasteiger charge is 2.09. The van der Waals surface area contributed by atoms with Gasteiger partial charge in [0.1, 0.15) is 11.0 Å². The second-order valence-electron chi connectivity index (χ2n) is 4.08. The van der Waals surface area contributed by atoms with Crippen LogP contribution < -0.4 is 5.32 Å². The van der Waals surface area contributed by atoms with Gasteiger partial charge in [-0.05, 0) is 24.6 Å². The molecule has 1 fully saturated rings. The number of hydrogen-bond acceptors (Lipinski definition) is 5. The van der Waals surface area contributed by atoms with E-state index in [1.54, 1.807) is 6.07 Å². The Labute approximate surface area is 116 Å². The topological polar surface area (TPSA) is 50.3 Å². The van der Waals surface area contributed by atoms with Crippen molar-refractivity contribution in [1.29, 1.82) is 0 Å². The van der Waals surface area contributed by atoms with Crippen LogP contribution in [0.4, 0.5) is 5.82 Å². The van der Waals surface area contributed by atoms with E-state index in [9.17, 15) is 0 Å². The summed E-state index contributed by atoms with van der Waals surface area (Å²) in [4.78, 5) is 10.2. The Bertz CT molecular complexity index is 365. The molecule has 0 aliphatic carbocycles. The number of halogens is 2. The van der Waals surface area contributed by atoms with E-state index in [4.69, 9.17) is 27.9 Å². The summed E-state index contributed by atoms with van der Waals surface area (Å²) in [5.41, 5.74) is 0. The Hall–Kier alpha value is -0.620. The van der Waals surface area contributed by atoms with E-state index in [-0.39, 0.29) is 5.28 Å². The molecule has 18 heavy (non-hydrogen) atoms. The molecule has 100 valence electrons. The van der Waals surface area contributed by atoms with Gasteiger partial charge in [-0.3, -0.25) is 4.90 Å². The lowest BCUT2D eigenvalue weighted by molar-refractivity contribution is 0.0378. The van der Waals surface area contributed by atoms with E-state index in [0.717, 1.165) is 45.8 Å². The molecular formula is C11H16Cl2N4O. The summed E-state index contributed by atoms with van der Waals surface area (Å²) in [5, 5.41) is 3.71. The normalized spacial score (nSPS) is 16.8. The van der Waals surface area contributed by atoms with Gasteiger partial charge in [-0.15, -0.1) is 0 Å². The van der Waals surface area contributed by atoms with Gasteiger partial charge in [0.2, 0.25) is 5.28 Å². The third-order valence-electron chi connectivity index (χ3n) is 2.73. The summed E-state index contributed by atoms with van der Waals surface area (Å²) in [6.45, 7) is 5.61. The predicted octanol–water partition coefficient (Wildman–Crippen LogP) is 1.92. The monoisotopic (exact) mass is 290 g/mol. The van der Waals surface area contributed by atoms with Gasteiger partial charge >= 0.3 is 0 Å². The molecular weight excluding hydrogens is 275 g/mol. The highest BCUT2D eigenvalue weighted by molar-refractivity contribution is 6.32. The Morgan fingerprint density at radius 1 is 1.28 bits per heavy atom. The van der Waals surface area contributed by atoms with Crippen molar-refractivity contribution < 1.29 is 4.74 Å². The molecule has 1 aromatic rings. The first-order chi connectivity index (χ1) is 8.74. The fourth-order valence-corrected chi connectivity index (χ4v) is 2.23. The third-order valence-corrected chi connectivity index (χ3v) is 3.09. The zero-order valence-corrected chi connectivity index (χ0v) is 11.5. The second kappa shape index (κ2) is 7.09. The molecule has 0 unspecified atom stereocenters. The highest BCUT2D eigenvalue weighted by Crippen LogP contribution is 2.14. The van der Waals surface area contributed by atoms with E-state index < -0.39 is 0 Å². The Kier molecular flexibility index (Phi) is 5.44. The average molecular weight is 291 g/mol. The molecule has 0 bridgehead atoms. The van der Waals surface area contributed by atoms with Crippen molar-refractivity contribution in [3.8, 4) is 0 Å². The van der Waals surface area contributed by atoms with Crippen molar-refractivity contribution in [1.82, 2.24) is 14.9 Å². The first kappa shape index (κ1) is 13.8. The Morgan fingerprint density at radius 2 is 2.06 bits per heavy atom. The summed E-state index contributed by atoms with van der Waals surface area (Å²) >= 11 is 11.5. The molecule has 0 saturated carbocycles. The van der Waals surface area contributed by atoms with Gasteiger partial charge in [-0.25, -0.2) is 9.97 Å². The minimum atomic E-state index is 0.165. The van der Waals surface area contributed by atoms with Crippen molar-refractivity contribution in [2.75, 3.05) is 44.7 Å². The maximum Gasteiger partial charge on any atom is 0.225 e. The molecule has 1 aromatic heterocycles. The highest BCUT2D eigenvalue weighted by atomic mass is 35.5. The number of morpholine rings is 1. The molecule has 5 nitrogen and oxygen atoms in total. The predicted molar refractivity (Wildman–Crippen MR) is 72.4 cm³/mol. The molecule has 1 aliphatic rings. The standard InChI is InChI=1S/C11H16Cl2N4O/c12-9-8-10(16-11(13)15-9)14-2-1-3-17-4-6-18-7-5-17/h8H,1-7H2,(H,14,15,16). The summed E-state index contributed by atoms with van der Waals surface area (Å²) < 4.78 is 5.30. The first-order valence-corrected chi connectivity index (χ1v) is 6.74. The third kappa shape index (κ3) is 4.57. The SMILES string of the molecule is Clc1cc(NCCCN2CCOCC2)nc(Cl)n1. The number of nitrogens with one attached hydrogen (secondary N) is 1. The lowest BCUT2D eigenvalue weighted by Gasteiger charge is -2.26. The van der Waals surface area contributed by atoms with Crippen LogP contribution >= 0.6 is 23.2 Å². The van der Waals surface area contributed by atoms with Crippen LogP contribution in [-0.4, -0.2) is 54.3 Å². The molecule has 1 N–H and O–H groups in total. The largest absolute Gasteiger partial charge is 0.379 e. The van der Waals surface area contributed by atoms with Crippen LogP contribution in [0.5, 0.6) is 0 Å². The minimum Gasteiger partial charge on any atom is -0.379 e. The second-order valence-corrected chi connectivity index (χ2v) is 4.80. The van der Waals surface area contributed by atoms with Crippen molar-refractivity contribution in [3.05, 3.63) is 16.5 Å². The molecule has 2 rings (SSSR count). The molecule has 7 heteroatoms. The fourth-order valence-electron chi connectivity index (χ4n) is 1.82. The lowest BCUT2D eigenvalue weighted by Crippen LogP contribution is -2.37. The molecule has 0 amide bonds. The van der Waals surface area contributed by atoms with Gasteiger partial charge in [0.15, 0.2) is 0 Å². The van der Waals surface area contributed by atoms with E-state index in [2.05, 4.69) is 20.2 Å². The maximum absolute atomic E-state index is 5.79. The minimum absolute atomic E-state index is 0.165. The molecule has 1 saturated heterocycles. The maximum atomic E-state index is 5.79. The van der Waals surface area contributed by atoms with Gasteiger partial charge in [0, 0.05) is 25.7 Å². The Balaban J connectivity index is 1.68. The van der Waals surface area contributed by atoms with Crippen LogP contribution in [0.1, 0.15) is 6.42 Å². The average Bonchev–Trinajstić information content (AvgIpc) is 2.35. The Morgan fingerprint density at radius 3 is 2.78 bits per heavy atom. The fraction of sp³-hybridized carbons (Fsp3) is 0.636. The van der Waals surface area contributed by atoms with Gasteiger partial charge in [-0.1, -0.05) is 11.6 Å². The van der Waals surface area contributed by atoms with E-state index in [1.165, 1.54) is 0 Å². The molecule has 0 radical (unpaired) electrons. The zero-order valence-electron chi connectivity index (χ0n) is 10.0. The molecule has 0 atom stereocenters. The van der Waals surface area contributed by atoms with Gasteiger partial charge in [-0.2, -0.15) is 0 Å². The summed E-state index contributed by atoms with van der Waals surface area (Å²) in [6.07, 6.45) is 1.04. The van der Waals surface area contributed by atoms with Gasteiger partial charge < -0.3 is 10.1 Å². The van der Waals surface area contributed by atoms with Crippen molar-refractivity contribution in [3.63, 3.8) is 0 Å². The number of anilines is 1. The zero-order chi connectivity index (χ0) is 12.8. The number of nitrogens with zero attached hydrogens (tertiary/aromatic N) is 3. The van der Waals surface area contributed by atoms with Gasteiger partial charge in [0.25, 0.3) is 0 Å². The van der Waals surface area contributed by atoms with Crippen molar-refractivity contribution in [2.45, 2.75) is 6.42 Å². The van der Waals surface area contributed by atoms with E-state index in [0.29, 0.717) is 11.0 Å². The number of hydrogen-bond donors (Lipinski definition) is 1. The number of aromatic nitrogens is 2. The molecule has 2 heterocycles. The van der Waals surface area contributed by atoms with Crippen molar-refractivity contribution >= 4 is 29.0 Å².